The van der Waals surface area contributed by atoms with E-state index < -0.39 is 10.0 Å². The molecule has 1 fully saturated rings. The number of hydrogen-bond donors (Lipinski definition) is 1. The molecule has 1 amide bonds. The molecule has 2 atom stereocenters. The SMILES string of the molecule is CC(=O)Nc1ccc(S(=O)(=O)N(C)Cc2ccc([C@@H]3C[C@H]3C)o2)cc1. The van der Waals surface area contributed by atoms with Crippen molar-refractivity contribution < 1.29 is 17.6 Å². The number of benzene rings is 1. The maximum absolute atomic E-state index is 12.7. The van der Waals surface area contributed by atoms with E-state index in [4.69, 9.17) is 4.42 Å². The number of rotatable bonds is 6. The van der Waals surface area contributed by atoms with E-state index in [1.807, 2.05) is 12.1 Å². The van der Waals surface area contributed by atoms with Crippen LogP contribution in [0.2, 0.25) is 0 Å². The Kier molecular flexibility index (Phi) is 4.71. The van der Waals surface area contributed by atoms with E-state index in [-0.39, 0.29) is 17.3 Å². The quantitative estimate of drug-likeness (QED) is 0.856. The Bertz CT molecular complexity index is 871. The third-order valence-corrected chi connectivity index (χ3v) is 6.24. The fourth-order valence-electron chi connectivity index (χ4n) is 2.80. The lowest BCUT2D eigenvalue weighted by Gasteiger charge is -2.16. The molecule has 6 nitrogen and oxygen atoms in total. The number of carbonyl (C=O) groups excluding carboxylic acids is 1. The molecule has 25 heavy (non-hydrogen) atoms. The summed E-state index contributed by atoms with van der Waals surface area (Å²) < 4.78 is 32.4. The molecule has 134 valence electrons. The lowest BCUT2D eigenvalue weighted by Crippen LogP contribution is -2.26. The van der Waals surface area contributed by atoms with Gasteiger partial charge in [-0.2, -0.15) is 4.31 Å². The molecule has 1 N–H and O–H groups in total. The maximum atomic E-state index is 12.7. The number of nitrogens with one attached hydrogen (secondary N) is 1. The summed E-state index contributed by atoms with van der Waals surface area (Å²) in [7, 11) is -2.10. The summed E-state index contributed by atoms with van der Waals surface area (Å²) in [6.45, 7) is 3.75. The normalized spacial score (nSPS) is 19.8. The first-order valence-electron chi connectivity index (χ1n) is 8.20. The average Bonchev–Trinajstić information content (AvgIpc) is 3.09. The third-order valence-electron chi connectivity index (χ3n) is 4.42. The van der Waals surface area contributed by atoms with Crippen LogP contribution in [-0.2, 0) is 21.4 Å². The molecule has 0 unspecified atom stereocenters. The second-order valence-corrected chi connectivity index (χ2v) is 8.64. The summed E-state index contributed by atoms with van der Waals surface area (Å²) in [5.74, 6) is 2.48. The van der Waals surface area contributed by atoms with Crippen molar-refractivity contribution in [3.63, 3.8) is 0 Å². The Morgan fingerprint density at radius 3 is 2.44 bits per heavy atom. The number of hydrogen-bond acceptors (Lipinski definition) is 4. The summed E-state index contributed by atoms with van der Waals surface area (Å²) in [5, 5.41) is 2.61. The maximum Gasteiger partial charge on any atom is 0.243 e. The molecule has 2 aromatic rings. The topological polar surface area (TPSA) is 79.6 Å². The van der Waals surface area contributed by atoms with Crippen LogP contribution in [0.15, 0.2) is 45.7 Å². The second-order valence-electron chi connectivity index (χ2n) is 6.59. The van der Waals surface area contributed by atoms with Gasteiger partial charge in [-0.3, -0.25) is 4.79 Å². The van der Waals surface area contributed by atoms with Gasteiger partial charge >= 0.3 is 0 Å². The molecular formula is C18H22N2O4S. The number of furan rings is 1. The van der Waals surface area contributed by atoms with Gasteiger partial charge in [0, 0.05) is 25.6 Å². The molecule has 1 aromatic carbocycles. The molecule has 1 aliphatic carbocycles. The van der Waals surface area contributed by atoms with Crippen LogP contribution in [0.4, 0.5) is 5.69 Å². The molecular weight excluding hydrogens is 340 g/mol. The van der Waals surface area contributed by atoms with Crippen LogP contribution in [0.25, 0.3) is 0 Å². The van der Waals surface area contributed by atoms with Crippen LogP contribution < -0.4 is 5.32 Å². The first-order valence-corrected chi connectivity index (χ1v) is 9.64. The van der Waals surface area contributed by atoms with Crippen molar-refractivity contribution in [2.45, 2.75) is 37.6 Å². The predicted octanol–water partition coefficient (Wildman–Crippen LogP) is 3.18. The molecule has 1 heterocycles. The fourth-order valence-corrected chi connectivity index (χ4v) is 3.93. The third kappa shape index (κ3) is 3.93. The van der Waals surface area contributed by atoms with E-state index in [0.717, 1.165) is 12.2 Å². The van der Waals surface area contributed by atoms with E-state index in [1.54, 1.807) is 12.1 Å². The molecule has 0 radical (unpaired) electrons. The van der Waals surface area contributed by atoms with Crippen molar-refractivity contribution in [1.29, 1.82) is 0 Å². The van der Waals surface area contributed by atoms with E-state index >= 15 is 0 Å². The average molecular weight is 362 g/mol. The van der Waals surface area contributed by atoms with Crippen molar-refractivity contribution in [1.82, 2.24) is 4.31 Å². The number of sulfonamides is 1. The summed E-state index contributed by atoms with van der Waals surface area (Å²) in [5.41, 5.74) is 0.559. The highest BCUT2D eigenvalue weighted by molar-refractivity contribution is 7.89. The molecule has 1 saturated carbocycles. The van der Waals surface area contributed by atoms with Crippen LogP contribution in [0.1, 0.15) is 37.7 Å². The first kappa shape index (κ1) is 17.7. The summed E-state index contributed by atoms with van der Waals surface area (Å²) in [6, 6.07) is 9.88. The Balaban J connectivity index is 1.70. The molecule has 0 bridgehead atoms. The first-order chi connectivity index (χ1) is 11.8. The largest absolute Gasteiger partial charge is 0.464 e. The number of amides is 1. The second kappa shape index (κ2) is 6.65. The van der Waals surface area contributed by atoms with Crippen LogP contribution in [0.5, 0.6) is 0 Å². The lowest BCUT2D eigenvalue weighted by molar-refractivity contribution is -0.114. The van der Waals surface area contributed by atoms with Gasteiger partial charge < -0.3 is 9.73 Å². The van der Waals surface area contributed by atoms with E-state index in [2.05, 4.69) is 12.2 Å². The molecule has 1 aromatic heterocycles. The summed E-state index contributed by atoms with van der Waals surface area (Å²) >= 11 is 0. The Morgan fingerprint density at radius 2 is 1.88 bits per heavy atom. The van der Waals surface area contributed by atoms with Gasteiger partial charge in [-0.25, -0.2) is 8.42 Å². The number of nitrogens with zero attached hydrogens (tertiary/aromatic N) is 1. The minimum atomic E-state index is -3.63. The number of carbonyl (C=O) groups is 1. The van der Waals surface area contributed by atoms with E-state index in [0.29, 0.717) is 23.3 Å². The van der Waals surface area contributed by atoms with Gasteiger partial charge in [0.05, 0.1) is 11.4 Å². The van der Waals surface area contributed by atoms with Gasteiger partial charge in [0.15, 0.2) is 0 Å². The van der Waals surface area contributed by atoms with E-state index in [1.165, 1.54) is 30.4 Å². The Labute approximate surface area is 147 Å². The van der Waals surface area contributed by atoms with Crippen LogP contribution in [0, 0.1) is 5.92 Å². The van der Waals surface area contributed by atoms with Crippen molar-refractivity contribution in [3.05, 3.63) is 47.9 Å². The zero-order chi connectivity index (χ0) is 18.2. The fraction of sp³-hybridized carbons (Fsp3) is 0.389. The Morgan fingerprint density at radius 1 is 1.24 bits per heavy atom. The smallest absolute Gasteiger partial charge is 0.243 e. The van der Waals surface area contributed by atoms with Crippen LogP contribution >= 0.6 is 0 Å². The lowest BCUT2D eigenvalue weighted by atomic mass is 10.3. The van der Waals surface area contributed by atoms with Gasteiger partial charge in [-0.05, 0) is 48.7 Å². The molecule has 3 rings (SSSR count). The van der Waals surface area contributed by atoms with Gasteiger partial charge in [0.2, 0.25) is 15.9 Å². The minimum absolute atomic E-state index is 0.173. The minimum Gasteiger partial charge on any atom is -0.464 e. The zero-order valence-electron chi connectivity index (χ0n) is 14.5. The molecule has 7 heteroatoms. The monoisotopic (exact) mass is 362 g/mol. The van der Waals surface area contributed by atoms with Crippen molar-refractivity contribution >= 4 is 21.6 Å². The highest BCUT2D eigenvalue weighted by Gasteiger charge is 2.36. The predicted molar refractivity (Wildman–Crippen MR) is 94.6 cm³/mol. The summed E-state index contributed by atoms with van der Waals surface area (Å²) in [6.07, 6.45) is 1.13. The van der Waals surface area contributed by atoms with Crippen LogP contribution in [0.3, 0.4) is 0 Å². The highest BCUT2D eigenvalue weighted by Crippen LogP contribution is 2.47. The van der Waals surface area contributed by atoms with Gasteiger partial charge in [0.1, 0.15) is 11.5 Å². The summed E-state index contributed by atoms with van der Waals surface area (Å²) in [4.78, 5) is 11.2. The van der Waals surface area contributed by atoms with Gasteiger partial charge in [0.25, 0.3) is 0 Å². The van der Waals surface area contributed by atoms with Crippen molar-refractivity contribution in [3.8, 4) is 0 Å². The van der Waals surface area contributed by atoms with Gasteiger partial charge in [-0.15, -0.1) is 0 Å². The highest BCUT2D eigenvalue weighted by atomic mass is 32.2. The standard InChI is InChI=1S/C18H22N2O4S/c1-12-10-17(12)18-9-6-15(24-18)11-20(3)25(22,23)16-7-4-14(5-8-16)19-13(2)21/h4-9,12,17H,10-11H2,1-3H3,(H,19,21)/t12-,17-/m1/s1. The van der Waals surface area contributed by atoms with Gasteiger partial charge in [-0.1, -0.05) is 6.92 Å². The van der Waals surface area contributed by atoms with Crippen LogP contribution in [-0.4, -0.2) is 25.7 Å². The van der Waals surface area contributed by atoms with Crippen molar-refractivity contribution in [2.75, 3.05) is 12.4 Å². The zero-order valence-corrected chi connectivity index (χ0v) is 15.3. The Hall–Kier alpha value is -2.12. The number of anilines is 1. The molecule has 0 spiro atoms. The molecule has 0 saturated heterocycles. The van der Waals surface area contributed by atoms with E-state index in [9.17, 15) is 13.2 Å². The molecule has 1 aliphatic rings. The molecule has 0 aliphatic heterocycles. The van der Waals surface area contributed by atoms with Crippen molar-refractivity contribution in [2.24, 2.45) is 5.92 Å².